The lowest BCUT2D eigenvalue weighted by atomic mass is 9.97. The minimum absolute atomic E-state index is 0.00575. The summed E-state index contributed by atoms with van der Waals surface area (Å²) in [7, 11) is -4.70. The van der Waals surface area contributed by atoms with E-state index in [4.69, 9.17) is 4.43 Å². The van der Waals surface area contributed by atoms with Gasteiger partial charge in [0.05, 0.1) is 18.3 Å². The third-order valence-electron chi connectivity index (χ3n) is 9.97. The Bertz CT molecular complexity index is 783. The van der Waals surface area contributed by atoms with Crippen molar-refractivity contribution in [3.8, 4) is 0 Å². The maximum Gasteiger partial charge on any atom is 0.199 e. The number of aliphatic hydroxyl groups excluding tert-OH is 2. The zero-order valence-electron chi connectivity index (χ0n) is 25.4. The lowest BCUT2D eigenvalue weighted by Gasteiger charge is -2.71. The first-order valence-corrected chi connectivity index (χ1v) is 18.8. The second-order valence-corrected chi connectivity index (χ2v) is 24.4. The molecule has 0 spiro atoms. The minimum Gasteiger partial charge on any atom is -0.411 e. The van der Waals surface area contributed by atoms with Crippen molar-refractivity contribution in [1.29, 1.82) is 0 Å². The van der Waals surface area contributed by atoms with Gasteiger partial charge < -0.3 is 14.6 Å². The van der Waals surface area contributed by atoms with E-state index in [-0.39, 0.29) is 27.3 Å². The maximum atomic E-state index is 10.9. The van der Waals surface area contributed by atoms with Gasteiger partial charge in [0.2, 0.25) is 0 Å². The second kappa shape index (κ2) is 11.5. The van der Waals surface area contributed by atoms with E-state index in [1.165, 1.54) is 5.56 Å². The fourth-order valence-electron chi connectivity index (χ4n) is 6.20. The van der Waals surface area contributed by atoms with Crippen molar-refractivity contribution >= 4 is 16.4 Å². The van der Waals surface area contributed by atoms with Crippen LogP contribution in [0.3, 0.4) is 0 Å². The molecule has 0 aliphatic heterocycles. The van der Waals surface area contributed by atoms with Crippen LogP contribution in [0.25, 0.3) is 0 Å². The molecule has 0 radical (unpaired) electrons. The first kappa shape index (κ1) is 32.6. The molecule has 205 valence electrons. The number of hydrogen-bond acceptors (Lipinski definition) is 3. The third kappa shape index (κ3) is 6.90. The predicted octanol–water partition coefficient (Wildman–Crippen LogP) is 8.37. The Kier molecular flexibility index (Phi) is 10.7. The smallest absolute Gasteiger partial charge is 0.199 e. The first-order valence-electron chi connectivity index (χ1n) is 13.7. The number of hydrogen-bond donors (Lipinski definition) is 2. The van der Waals surface area contributed by atoms with Crippen LogP contribution >= 0.6 is 0 Å². The van der Waals surface area contributed by atoms with Crippen LogP contribution in [0.4, 0.5) is 0 Å². The zero-order valence-corrected chi connectivity index (χ0v) is 27.4. The highest BCUT2D eigenvalue weighted by Crippen LogP contribution is 2.69. The van der Waals surface area contributed by atoms with Gasteiger partial charge in [-0.15, -0.1) is 24.2 Å². The third-order valence-corrected chi connectivity index (χ3v) is 24.5. The average Bonchev–Trinajstić information content (AvgIpc) is 2.72. The van der Waals surface area contributed by atoms with Gasteiger partial charge in [0.25, 0.3) is 0 Å². The lowest BCUT2D eigenvalue weighted by molar-refractivity contribution is 0.0602. The SMILES string of the molecule is CCC(C)(C)O[Si](CC(C)C)(CC(O)CO)C(C)(C)C(C)(C)[Si-](C)(Cc1ccccc1)C(C)(C)C. The molecule has 1 aromatic rings. The van der Waals surface area contributed by atoms with Gasteiger partial charge in [-0.05, 0) is 43.3 Å². The normalized spacial score (nSPS) is 18.3. The van der Waals surface area contributed by atoms with Gasteiger partial charge in [0.15, 0.2) is 8.32 Å². The highest BCUT2D eigenvalue weighted by atomic mass is 28.4. The Morgan fingerprint density at radius 1 is 0.914 bits per heavy atom. The molecular weight excluding hydrogens is 464 g/mol. The van der Waals surface area contributed by atoms with Crippen LogP contribution in [0.5, 0.6) is 0 Å². The highest BCUT2D eigenvalue weighted by molar-refractivity contribution is 6.87. The average molecular weight is 523 g/mol. The van der Waals surface area contributed by atoms with Crippen molar-refractivity contribution in [2.45, 2.75) is 141 Å². The van der Waals surface area contributed by atoms with E-state index in [2.05, 4.69) is 120 Å². The molecule has 0 amide bonds. The topological polar surface area (TPSA) is 49.7 Å². The lowest BCUT2D eigenvalue weighted by Crippen LogP contribution is -2.65. The van der Waals surface area contributed by atoms with Crippen LogP contribution in [0.1, 0.15) is 95.1 Å². The van der Waals surface area contributed by atoms with Crippen LogP contribution < -0.4 is 0 Å². The van der Waals surface area contributed by atoms with Gasteiger partial charge in [-0.25, -0.2) is 0 Å². The Hall–Kier alpha value is -0.466. The van der Waals surface area contributed by atoms with Gasteiger partial charge in [0, 0.05) is 0 Å². The summed E-state index contributed by atoms with van der Waals surface area (Å²) in [4.78, 5) is 0. The molecule has 0 aromatic heterocycles. The molecule has 2 N–H and O–H groups in total. The van der Waals surface area contributed by atoms with Gasteiger partial charge in [-0.2, -0.15) is 6.55 Å². The van der Waals surface area contributed by atoms with Gasteiger partial charge in [0.1, 0.15) is 0 Å². The van der Waals surface area contributed by atoms with E-state index in [1.807, 2.05) is 0 Å². The standard InChI is InChI=1S/C30H58O3Si2/c1-14-28(7,8)33-35(21-24(2)3,23-26(32)20-31)30(11,12)29(9,10)34(13,27(4,5)6)22-25-18-16-15-17-19-25/h15-19,24,26,31-32H,14,20-23H2,1-13H3/q-1. The summed E-state index contributed by atoms with van der Waals surface area (Å²) in [6.07, 6.45) is 0.170. The Balaban J connectivity index is 3.89. The van der Waals surface area contributed by atoms with Crippen LogP contribution in [-0.2, 0) is 10.5 Å². The van der Waals surface area contributed by atoms with E-state index in [9.17, 15) is 10.2 Å². The number of rotatable bonds is 13. The molecule has 5 heteroatoms. The summed E-state index contributed by atoms with van der Waals surface area (Å²) in [5.74, 6) is 0.451. The van der Waals surface area contributed by atoms with Crippen LogP contribution in [-0.4, -0.2) is 44.9 Å². The molecule has 3 atom stereocenters. The summed E-state index contributed by atoms with van der Waals surface area (Å²) >= 11 is 0. The van der Waals surface area contributed by atoms with Gasteiger partial charge in [-0.1, -0.05) is 105 Å². The van der Waals surface area contributed by atoms with Crippen molar-refractivity contribution in [3.63, 3.8) is 0 Å². The van der Waals surface area contributed by atoms with Crippen molar-refractivity contribution < 1.29 is 14.6 Å². The van der Waals surface area contributed by atoms with E-state index < -0.39 is 22.5 Å². The molecule has 0 saturated carbocycles. The van der Waals surface area contributed by atoms with E-state index in [0.717, 1.165) is 18.5 Å². The first-order chi connectivity index (χ1) is 15.7. The molecule has 0 saturated heterocycles. The Labute approximate surface area is 220 Å². The van der Waals surface area contributed by atoms with Gasteiger partial charge in [-0.3, -0.25) is 0 Å². The summed E-state index contributed by atoms with van der Waals surface area (Å²) in [5.41, 5.74) is 1.14. The van der Waals surface area contributed by atoms with Gasteiger partial charge >= 0.3 is 0 Å². The highest BCUT2D eigenvalue weighted by Gasteiger charge is 2.60. The van der Waals surface area contributed by atoms with E-state index in [0.29, 0.717) is 12.0 Å². The molecule has 3 nitrogen and oxygen atoms in total. The van der Waals surface area contributed by atoms with Crippen molar-refractivity contribution in [3.05, 3.63) is 35.9 Å². The molecule has 0 aliphatic rings. The fraction of sp³-hybridized carbons (Fsp3) is 0.800. The molecule has 1 aromatic carbocycles. The quantitative estimate of drug-likeness (QED) is 0.256. The molecule has 35 heavy (non-hydrogen) atoms. The minimum atomic E-state index is -2.64. The van der Waals surface area contributed by atoms with Crippen LogP contribution in [0.2, 0.25) is 33.7 Å². The molecule has 0 bridgehead atoms. The van der Waals surface area contributed by atoms with Crippen molar-refractivity contribution in [2.75, 3.05) is 6.61 Å². The van der Waals surface area contributed by atoms with Crippen molar-refractivity contribution in [2.24, 2.45) is 5.92 Å². The molecule has 0 aliphatic carbocycles. The summed E-state index contributed by atoms with van der Waals surface area (Å²) in [6.45, 7) is 30.7. The number of aliphatic hydroxyl groups is 2. The fourth-order valence-corrected chi connectivity index (χ4v) is 19.1. The largest absolute Gasteiger partial charge is 0.411 e. The van der Waals surface area contributed by atoms with Crippen LogP contribution in [0.15, 0.2) is 30.3 Å². The Morgan fingerprint density at radius 2 is 1.43 bits per heavy atom. The summed E-state index contributed by atoms with van der Waals surface area (Å²) < 4.78 is 7.36. The molecule has 1 rings (SSSR count). The molecule has 0 fully saturated rings. The van der Waals surface area contributed by atoms with Crippen LogP contribution in [0, 0.1) is 5.92 Å². The second-order valence-electron chi connectivity index (χ2n) is 14.3. The Morgan fingerprint density at radius 3 is 1.83 bits per heavy atom. The molecule has 0 heterocycles. The van der Waals surface area contributed by atoms with Crippen molar-refractivity contribution in [1.82, 2.24) is 0 Å². The zero-order chi connectivity index (χ0) is 27.5. The van der Waals surface area contributed by atoms with E-state index in [1.54, 1.807) is 0 Å². The predicted molar refractivity (Wildman–Crippen MR) is 158 cm³/mol. The summed E-state index contributed by atoms with van der Waals surface area (Å²) in [5, 5.41) is 20.9. The maximum absolute atomic E-state index is 10.9. The monoisotopic (exact) mass is 522 g/mol. The molecular formula is C30H58O3Si2-. The summed E-state index contributed by atoms with van der Waals surface area (Å²) in [6, 6.07) is 13.6. The van der Waals surface area contributed by atoms with E-state index >= 15 is 0 Å². The number of benzene rings is 1. The molecule has 3 unspecified atom stereocenters.